The molecule has 0 aromatic carbocycles. The lowest BCUT2D eigenvalue weighted by Gasteiger charge is -2.30. The highest BCUT2D eigenvalue weighted by Crippen LogP contribution is 2.41. The van der Waals surface area contributed by atoms with Crippen molar-refractivity contribution >= 4 is 0 Å². The van der Waals surface area contributed by atoms with Crippen molar-refractivity contribution in [1.82, 2.24) is 0 Å². The molecule has 0 aliphatic heterocycles. The highest BCUT2D eigenvalue weighted by molar-refractivity contribution is 4.99. The molecule has 2 aliphatic carbocycles. The van der Waals surface area contributed by atoms with Gasteiger partial charge in [0.1, 0.15) is 0 Å². The van der Waals surface area contributed by atoms with Crippen molar-refractivity contribution in [3.8, 4) is 0 Å². The topological polar surface area (TPSA) is 20.2 Å². The lowest BCUT2D eigenvalue weighted by molar-refractivity contribution is -0.0122. The molecule has 2 aliphatic rings. The Morgan fingerprint density at radius 3 is 2.62 bits per heavy atom. The molecule has 74 valence electrons. The summed E-state index contributed by atoms with van der Waals surface area (Å²) in [7, 11) is 0. The van der Waals surface area contributed by atoms with Gasteiger partial charge in [-0.2, -0.15) is 0 Å². The van der Waals surface area contributed by atoms with E-state index in [0.29, 0.717) is 5.92 Å². The molecule has 1 N–H and O–H groups in total. The van der Waals surface area contributed by atoms with E-state index in [4.69, 9.17) is 0 Å². The molecule has 0 saturated heterocycles. The Hall–Kier alpha value is -0.300. The van der Waals surface area contributed by atoms with Crippen molar-refractivity contribution in [2.45, 2.75) is 51.0 Å². The van der Waals surface area contributed by atoms with Gasteiger partial charge in [0.25, 0.3) is 0 Å². The zero-order valence-electron chi connectivity index (χ0n) is 8.50. The van der Waals surface area contributed by atoms with Gasteiger partial charge in [-0.15, -0.1) is 0 Å². The quantitative estimate of drug-likeness (QED) is 0.648. The molecule has 2 unspecified atom stereocenters. The maximum absolute atomic E-state index is 10.4. The Bertz CT molecular complexity index is 201. The molecule has 0 aromatic heterocycles. The van der Waals surface area contributed by atoms with Crippen LogP contribution in [0.1, 0.15) is 45.4 Å². The van der Waals surface area contributed by atoms with Crippen molar-refractivity contribution in [1.29, 1.82) is 0 Å². The van der Waals surface area contributed by atoms with Crippen LogP contribution in [-0.2, 0) is 0 Å². The van der Waals surface area contributed by atoms with E-state index in [2.05, 4.69) is 19.1 Å². The van der Waals surface area contributed by atoms with Crippen LogP contribution in [0.4, 0.5) is 0 Å². The van der Waals surface area contributed by atoms with E-state index in [9.17, 15) is 5.11 Å². The summed E-state index contributed by atoms with van der Waals surface area (Å²) in [4.78, 5) is 0. The predicted molar refractivity (Wildman–Crippen MR) is 54.4 cm³/mol. The molecular formula is C12H20O. The molecule has 0 spiro atoms. The third-order valence-corrected chi connectivity index (χ3v) is 3.91. The van der Waals surface area contributed by atoms with E-state index in [1.807, 2.05) is 0 Å². The molecule has 13 heavy (non-hydrogen) atoms. The summed E-state index contributed by atoms with van der Waals surface area (Å²) >= 11 is 0. The first-order valence-corrected chi connectivity index (χ1v) is 5.58. The van der Waals surface area contributed by atoms with Gasteiger partial charge in [-0.3, -0.25) is 0 Å². The maximum Gasteiger partial charge on any atom is 0.0676 e. The van der Waals surface area contributed by atoms with Crippen LogP contribution in [0.5, 0.6) is 0 Å². The monoisotopic (exact) mass is 180 g/mol. The number of allylic oxidation sites excluding steroid dienone is 2. The summed E-state index contributed by atoms with van der Waals surface area (Å²) in [5.41, 5.74) is -0.323. The Labute approximate surface area is 80.8 Å². The number of hydrogen-bond donors (Lipinski definition) is 1. The van der Waals surface area contributed by atoms with Crippen LogP contribution < -0.4 is 0 Å². The SMILES string of the molecule is CC1CCCC1(O)CC1CC=CC1. The summed E-state index contributed by atoms with van der Waals surface area (Å²) in [6.45, 7) is 2.20. The molecule has 0 aromatic rings. The highest BCUT2D eigenvalue weighted by Gasteiger charge is 2.39. The molecule has 2 rings (SSSR count). The van der Waals surface area contributed by atoms with Gasteiger partial charge in [0.05, 0.1) is 5.60 Å². The van der Waals surface area contributed by atoms with E-state index in [1.54, 1.807) is 0 Å². The van der Waals surface area contributed by atoms with Crippen molar-refractivity contribution in [3.63, 3.8) is 0 Å². The fourth-order valence-corrected chi connectivity index (χ4v) is 2.87. The molecule has 0 bridgehead atoms. The van der Waals surface area contributed by atoms with Crippen LogP contribution in [0.15, 0.2) is 12.2 Å². The summed E-state index contributed by atoms with van der Waals surface area (Å²) in [6.07, 6.45) is 11.4. The molecule has 1 heteroatoms. The first kappa shape index (κ1) is 9.26. The molecule has 1 saturated carbocycles. The van der Waals surface area contributed by atoms with Gasteiger partial charge < -0.3 is 5.11 Å². The summed E-state index contributed by atoms with van der Waals surface area (Å²) in [5, 5.41) is 10.4. The molecule has 1 fully saturated rings. The van der Waals surface area contributed by atoms with Crippen molar-refractivity contribution in [2.24, 2.45) is 11.8 Å². The standard InChI is InChI=1S/C12H20O/c1-10-5-4-8-12(10,13)9-11-6-2-3-7-11/h2-3,10-11,13H,4-9H2,1H3. The largest absolute Gasteiger partial charge is 0.390 e. The Morgan fingerprint density at radius 1 is 1.38 bits per heavy atom. The molecule has 0 radical (unpaired) electrons. The van der Waals surface area contributed by atoms with Gasteiger partial charge >= 0.3 is 0 Å². The van der Waals surface area contributed by atoms with Gasteiger partial charge in [0.15, 0.2) is 0 Å². The zero-order valence-corrected chi connectivity index (χ0v) is 8.50. The Kier molecular flexibility index (Phi) is 2.46. The van der Waals surface area contributed by atoms with Gasteiger partial charge in [0, 0.05) is 0 Å². The third kappa shape index (κ3) is 1.80. The molecule has 0 amide bonds. The summed E-state index contributed by atoms with van der Waals surface area (Å²) in [6, 6.07) is 0. The minimum Gasteiger partial charge on any atom is -0.390 e. The van der Waals surface area contributed by atoms with Crippen LogP contribution in [0.25, 0.3) is 0 Å². The van der Waals surface area contributed by atoms with E-state index in [0.717, 1.165) is 18.8 Å². The average molecular weight is 180 g/mol. The fraction of sp³-hybridized carbons (Fsp3) is 0.833. The second kappa shape index (κ2) is 3.45. The van der Waals surface area contributed by atoms with E-state index < -0.39 is 0 Å². The van der Waals surface area contributed by atoms with Crippen LogP contribution in [-0.4, -0.2) is 10.7 Å². The zero-order chi connectivity index (χ0) is 9.31. The smallest absolute Gasteiger partial charge is 0.0676 e. The summed E-state index contributed by atoms with van der Waals surface area (Å²) < 4.78 is 0. The van der Waals surface area contributed by atoms with Crippen molar-refractivity contribution in [3.05, 3.63) is 12.2 Å². The average Bonchev–Trinajstić information content (AvgIpc) is 2.65. The van der Waals surface area contributed by atoms with E-state index in [1.165, 1.54) is 25.7 Å². The first-order valence-electron chi connectivity index (χ1n) is 5.58. The van der Waals surface area contributed by atoms with E-state index >= 15 is 0 Å². The van der Waals surface area contributed by atoms with Crippen LogP contribution >= 0.6 is 0 Å². The maximum atomic E-state index is 10.4. The number of aliphatic hydroxyl groups is 1. The molecule has 2 atom stereocenters. The molecule has 0 heterocycles. The summed E-state index contributed by atoms with van der Waals surface area (Å²) in [5.74, 6) is 1.25. The lowest BCUT2D eigenvalue weighted by atomic mass is 9.82. The molecule has 1 nitrogen and oxygen atoms in total. The fourth-order valence-electron chi connectivity index (χ4n) is 2.87. The Morgan fingerprint density at radius 2 is 2.08 bits per heavy atom. The van der Waals surface area contributed by atoms with Gasteiger partial charge in [-0.05, 0) is 43.9 Å². The van der Waals surface area contributed by atoms with Crippen LogP contribution in [0.3, 0.4) is 0 Å². The van der Waals surface area contributed by atoms with Crippen LogP contribution in [0.2, 0.25) is 0 Å². The van der Waals surface area contributed by atoms with E-state index in [-0.39, 0.29) is 5.60 Å². The van der Waals surface area contributed by atoms with Gasteiger partial charge in [0.2, 0.25) is 0 Å². The van der Waals surface area contributed by atoms with Crippen molar-refractivity contribution < 1.29 is 5.11 Å². The predicted octanol–water partition coefficient (Wildman–Crippen LogP) is 2.89. The third-order valence-electron chi connectivity index (χ3n) is 3.91. The first-order chi connectivity index (χ1) is 6.21. The highest BCUT2D eigenvalue weighted by atomic mass is 16.3. The minimum atomic E-state index is -0.323. The minimum absolute atomic E-state index is 0.323. The van der Waals surface area contributed by atoms with Crippen LogP contribution in [0, 0.1) is 11.8 Å². The second-order valence-corrected chi connectivity index (χ2v) is 4.91. The number of hydrogen-bond acceptors (Lipinski definition) is 1. The van der Waals surface area contributed by atoms with Gasteiger partial charge in [-0.1, -0.05) is 25.5 Å². The van der Waals surface area contributed by atoms with Crippen molar-refractivity contribution in [2.75, 3.05) is 0 Å². The number of rotatable bonds is 2. The van der Waals surface area contributed by atoms with Gasteiger partial charge in [-0.25, -0.2) is 0 Å². The lowest BCUT2D eigenvalue weighted by Crippen LogP contribution is -2.33. The normalized spacial score (nSPS) is 40.3. The Balaban J connectivity index is 1.91. The second-order valence-electron chi connectivity index (χ2n) is 4.91. The molecular weight excluding hydrogens is 160 g/mol.